The van der Waals surface area contributed by atoms with Crippen molar-refractivity contribution in [2.75, 3.05) is 18.1 Å². The molecule has 0 aliphatic carbocycles. The number of hydrogen-bond donors (Lipinski definition) is 2. The number of rotatable bonds is 7. The molecule has 1 amide bonds. The Morgan fingerprint density at radius 2 is 1.97 bits per heavy atom. The van der Waals surface area contributed by atoms with E-state index in [4.69, 9.17) is 4.74 Å². The molecule has 1 aromatic heterocycles. The minimum absolute atomic E-state index is 0.0593. The molecular formula is C26H29N3O5S. The van der Waals surface area contributed by atoms with Gasteiger partial charge in [0, 0.05) is 17.2 Å². The van der Waals surface area contributed by atoms with Gasteiger partial charge < -0.3 is 14.7 Å². The first-order valence-corrected chi connectivity index (χ1v) is 13.8. The number of carbonyl (C=O) groups is 1. The van der Waals surface area contributed by atoms with Crippen LogP contribution in [0, 0.1) is 6.92 Å². The molecular weight excluding hydrogens is 466 g/mol. The molecule has 0 bridgehead atoms. The molecule has 2 aliphatic heterocycles. The monoisotopic (exact) mass is 495 g/mol. The maximum Gasteiger partial charge on any atom is 0.273 e. The molecule has 2 aliphatic rings. The Labute approximate surface area is 204 Å². The number of nitrogens with zero attached hydrogens (tertiary/aromatic N) is 2. The summed E-state index contributed by atoms with van der Waals surface area (Å²) >= 11 is 0. The van der Waals surface area contributed by atoms with Gasteiger partial charge in [-0.25, -0.2) is 8.42 Å². The van der Waals surface area contributed by atoms with E-state index in [9.17, 15) is 18.3 Å². The third kappa shape index (κ3) is 4.29. The molecule has 0 spiro atoms. The van der Waals surface area contributed by atoms with Gasteiger partial charge in [-0.15, -0.1) is 0 Å². The fraction of sp³-hybridized carbons (Fsp3) is 0.385. The highest BCUT2D eigenvalue weighted by Gasteiger charge is 2.48. The lowest BCUT2D eigenvalue weighted by Crippen LogP contribution is -2.40. The van der Waals surface area contributed by atoms with Crippen molar-refractivity contribution in [3.8, 4) is 22.8 Å². The fourth-order valence-corrected chi connectivity index (χ4v) is 6.70. The first-order chi connectivity index (χ1) is 16.8. The van der Waals surface area contributed by atoms with Crippen LogP contribution in [-0.4, -0.2) is 58.7 Å². The molecule has 184 valence electrons. The van der Waals surface area contributed by atoms with E-state index in [1.54, 1.807) is 17.0 Å². The quantitative estimate of drug-likeness (QED) is 0.479. The van der Waals surface area contributed by atoms with Crippen LogP contribution in [0.5, 0.6) is 11.5 Å². The molecule has 2 unspecified atom stereocenters. The second-order valence-electron chi connectivity index (χ2n) is 9.32. The number of benzene rings is 2. The minimum Gasteiger partial charge on any atom is -0.507 e. The van der Waals surface area contributed by atoms with Crippen molar-refractivity contribution in [3.05, 3.63) is 64.8 Å². The van der Waals surface area contributed by atoms with Gasteiger partial charge in [-0.2, -0.15) is 5.10 Å². The fourth-order valence-electron chi connectivity index (χ4n) is 4.99. The molecule has 0 radical (unpaired) electrons. The first-order valence-electron chi connectivity index (χ1n) is 11.9. The summed E-state index contributed by atoms with van der Waals surface area (Å²) in [5, 5.41) is 17.9. The number of aromatic hydroxyl groups is 1. The van der Waals surface area contributed by atoms with Crippen molar-refractivity contribution in [2.24, 2.45) is 0 Å². The normalized spacial score (nSPS) is 20.9. The Morgan fingerprint density at radius 3 is 2.66 bits per heavy atom. The molecule has 0 saturated carbocycles. The molecule has 1 saturated heterocycles. The Balaban J connectivity index is 1.60. The summed E-state index contributed by atoms with van der Waals surface area (Å²) in [6.45, 7) is 4.66. The molecule has 35 heavy (non-hydrogen) atoms. The number of H-pyrrole nitrogens is 1. The zero-order valence-corrected chi connectivity index (χ0v) is 20.6. The van der Waals surface area contributed by atoms with E-state index in [1.165, 1.54) is 0 Å². The Hall–Kier alpha value is -3.33. The number of sulfone groups is 1. The summed E-state index contributed by atoms with van der Waals surface area (Å²) in [7, 11) is -3.21. The van der Waals surface area contributed by atoms with Crippen molar-refractivity contribution in [3.63, 3.8) is 0 Å². The second-order valence-corrected chi connectivity index (χ2v) is 11.6. The van der Waals surface area contributed by atoms with E-state index in [1.807, 2.05) is 37.3 Å². The second kappa shape index (κ2) is 9.03. The Kier molecular flexibility index (Phi) is 6.04. The van der Waals surface area contributed by atoms with Gasteiger partial charge in [0.1, 0.15) is 22.9 Å². The predicted octanol–water partition coefficient (Wildman–Crippen LogP) is 4.00. The van der Waals surface area contributed by atoms with Crippen LogP contribution >= 0.6 is 0 Å². The van der Waals surface area contributed by atoms with Crippen LogP contribution in [0.15, 0.2) is 42.5 Å². The lowest BCUT2D eigenvalue weighted by molar-refractivity contribution is 0.0677. The number of unbranched alkanes of at least 4 members (excludes halogenated alkanes) is 1. The maximum absolute atomic E-state index is 13.6. The first kappa shape index (κ1) is 23.4. The number of hydrogen-bond acceptors (Lipinski definition) is 6. The number of carbonyl (C=O) groups excluding carboxylic acids is 1. The van der Waals surface area contributed by atoms with E-state index in [0.29, 0.717) is 35.5 Å². The zero-order valence-electron chi connectivity index (χ0n) is 19.8. The third-order valence-electron chi connectivity index (χ3n) is 6.78. The summed E-state index contributed by atoms with van der Waals surface area (Å²) in [4.78, 5) is 15.3. The van der Waals surface area contributed by atoms with Gasteiger partial charge in [0.25, 0.3) is 5.91 Å². The Bertz CT molecular complexity index is 1360. The number of aromatic nitrogens is 2. The van der Waals surface area contributed by atoms with Gasteiger partial charge in [0.2, 0.25) is 0 Å². The van der Waals surface area contributed by atoms with E-state index in [0.717, 1.165) is 29.7 Å². The summed E-state index contributed by atoms with van der Waals surface area (Å²) in [6, 6.07) is 11.9. The number of nitrogens with one attached hydrogen (secondary N) is 1. The third-order valence-corrected chi connectivity index (χ3v) is 8.53. The average Bonchev–Trinajstić information content (AvgIpc) is 3.49. The lowest BCUT2D eigenvalue weighted by Gasteiger charge is -2.31. The van der Waals surface area contributed by atoms with Crippen LogP contribution in [0.1, 0.15) is 59.4 Å². The van der Waals surface area contributed by atoms with Crippen molar-refractivity contribution >= 4 is 15.7 Å². The van der Waals surface area contributed by atoms with E-state index in [-0.39, 0.29) is 23.2 Å². The molecule has 1 fully saturated rings. The molecule has 2 atom stereocenters. The highest BCUT2D eigenvalue weighted by molar-refractivity contribution is 7.91. The number of phenols is 1. The van der Waals surface area contributed by atoms with Crippen LogP contribution in [0.25, 0.3) is 11.3 Å². The molecule has 8 nitrogen and oxygen atoms in total. The molecule has 2 aromatic carbocycles. The standard InChI is InChI=1S/C26H29N3O5S/c1-3-4-12-34-19-8-6-17(7-9-19)25-22-23(20-14-16(2)5-10-21(20)30)27-28-24(22)26(31)29(25)18-11-13-35(32,33)15-18/h5-10,14,18,25,30H,3-4,11-13,15H2,1-2H3,(H,27,28). The van der Waals surface area contributed by atoms with Gasteiger partial charge in [-0.05, 0) is 49.6 Å². The Morgan fingerprint density at radius 1 is 1.20 bits per heavy atom. The van der Waals surface area contributed by atoms with E-state index < -0.39 is 21.9 Å². The SMILES string of the molecule is CCCCOc1ccc(C2c3c(-c4cc(C)ccc4O)n[nH]c3C(=O)N2C2CCS(=O)(=O)C2)cc1. The van der Waals surface area contributed by atoms with Gasteiger partial charge in [0.15, 0.2) is 9.84 Å². The molecule has 3 heterocycles. The molecule has 5 rings (SSSR count). The van der Waals surface area contributed by atoms with Crippen LogP contribution in [0.2, 0.25) is 0 Å². The van der Waals surface area contributed by atoms with Gasteiger partial charge in [0.05, 0.1) is 24.2 Å². The van der Waals surface area contributed by atoms with E-state index >= 15 is 0 Å². The van der Waals surface area contributed by atoms with Crippen molar-refractivity contribution in [2.45, 2.75) is 45.2 Å². The lowest BCUT2D eigenvalue weighted by atomic mass is 9.94. The van der Waals surface area contributed by atoms with Crippen molar-refractivity contribution < 1.29 is 23.1 Å². The van der Waals surface area contributed by atoms with Crippen LogP contribution in [0.3, 0.4) is 0 Å². The van der Waals surface area contributed by atoms with E-state index in [2.05, 4.69) is 17.1 Å². The highest BCUT2D eigenvalue weighted by atomic mass is 32.2. The highest BCUT2D eigenvalue weighted by Crippen LogP contribution is 2.46. The van der Waals surface area contributed by atoms with Crippen molar-refractivity contribution in [1.29, 1.82) is 0 Å². The largest absolute Gasteiger partial charge is 0.507 e. The predicted molar refractivity (Wildman–Crippen MR) is 132 cm³/mol. The number of phenolic OH excluding ortho intramolecular Hbond substituents is 1. The summed E-state index contributed by atoms with van der Waals surface area (Å²) in [6.07, 6.45) is 2.40. The summed E-state index contributed by atoms with van der Waals surface area (Å²) in [5.41, 5.74) is 3.78. The van der Waals surface area contributed by atoms with Crippen LogP contribution in [-0.2, 0) is 9.84 Å². The number of aromatic amines is 1. The van der Waals surface area contributed by atoms with Gasteiger partial charge in [-0.1, -0.05) is 37.1 Å². The smallest absolute Gasteiger partial charge is 0.273 e. The maximum atomic E-state index is 13.6. The summed E-state index contributed by atoms with van der Waals surface area (Å²) < 4.78 is 30.4. The van der Waals surface area contributed by atoms with Gasteiger partial charge >= 0.3 is 0 Å². The average molecular weight is 496 g/mol. The number of amides is 1. The minimum atomic E-state index is -3.21. The molecule has 2 N–H and O–H groups in total. The van der Waals surface area contributed by atoms with Crippen LogP contribution in [0.4, 0.5) is 0 Å². The van der Waals surface area contributed by atoms with Crippen molar-refractivity contribution in [1.82, 2.24) is 15.1 Å². The van der Waals surface area contributed by atoms with Gasteiger partial charge in [-0.3, -0.25) is 9.89 Å². The number of aryl methyl sites for hydroxylation is 1. The number of ether oxygens (including phenoxy) is 1. The summed E-state index contributed by atoms with van der Waals surface area (Å²) in [5.74, 6) is 0.538. The molecule has 9 heteroatoms. The number of fused-ring (bicyclic) bond motifs is 1. The zero-order chi connectivity index (χ0) is 24.7. The molecule has 3 aromatic rings. The topological polar surface area (TPSA) is 113 Å². The van der Waals surface area contributed by atoms with Crippen LogP contribution < -0.4 is 4.74 Å².